The molecular weight excluding hydrogens is 405 g/mol. The minimum absolute atomic E-state index is 0.0319. The summed E-state index contributed by atoms with van der Waals surface area (Å²) < 4.78 is 13.4. The Kier molecular flexibility index (Phi) is 5.14. The zero-order valence-corrected chi connectivity index (χ0v) is 16.7. The number of hydrogen-bond acceptors (Lipinski definition) is 3. The molecule has 1 aliphatic heterocycles. The number of benzene rings is 3. The molecule has 1 N–H and O–H groups in total. The highest BCUT2D eigenvalue weighted by molar-refractivity contribution is 6.51. The summed E-state index contributed by atoms with van der Waals surface area (Å²) in [5, 5.41) is 11.5. The summed E-state index contributed by atoms with van der Waals surface area (Å²) in [4.78, 5) is 27.2. The summed E-state index contributed by atoms with van der Waals surface area (Å²) in [6, 6.07) is 18.1. The normalized spacial score (nSPS) is 18.1. The van der Waals surface area contributed by atoms with Gasteiger partial charge in [0.25, 0.3) is 11.7 Å². The Bertz CT molecular complexity index is 1150. The number of halogens is 2. The number of carbonyl (C=O) groups is 2. The molecule has 0 radical (unpaired) electrons. The van der Waals surface area contributed by atoms with Crippen molar-refractivity contribution in [2.75, 3.05) is 4.90 Å². The fraction of sp³-hybridized carbons (Fsp3) is 0.0833. The van der Waals surface area contributed by atoms with Crippen LogP contribution in [0.1, 0.15) is 22.7 Å². The van der Waals surface area contributed by atoms with E-state index in [0.717, 1.165) is 5.56 Å². The fourth-order valence-corrected chi connectivity index (χ4v) is 3.65. The molecule has 0 aliphatic carbocycles. The number of aliphatic hydroxyl groups excluding tert-OH is 1. The van der Waals surface area contributed by atoms with Crippen LogP contribution in [-0.4, -0.2) is 16.8 Å². The maximum Gasteiger partial charge on any atom is 0.300 e. The highest BCUT2D eigenvalue weighted by atomic mass is 35.5. The van der Waals surface area contributed by atoms with Gasteiger partial charge < -0.3 is 5.11 Å². The minimum Gasteiger partial charge on any atom is -0.507 e. The second-order valence-corrected chi connectivity index (χ2v) is 7.50. The van der Waals surface area contributed by atoms with E-state index in [-0.39, 0.29) is 11.3 Å². The Hall–Kier alpha value is -3.44. The molecule has 1 aliphatic rings. The number of Topliss-reactive ketones (excluding diaryl/α,β-unsaturated/α-hetero) is 1. The average molecular weight is 422 g/mol. The van der Waals surface area contributed by atoms with E-state index in [1.807, 2.05) is 19.1 Å². The SMILES string of the molecule is Cc1ccc([C@@H]2/C(=C(\O)c3ccc(Cl)cc3)C(=O)C(=O)N2c2ccc(F)cc2)cc1. The molecule has 0 unspecified atom stereocenters. The number of carbonyl (C=O) groups excluding carboxylic acids is 2. The molecule has 0 bridgehead atoms. The summed E-state index contributed by atoms with van der Waals surface area (Å²) in [6.07, 6.45) is 0. The van der Waals surface area contributed by atoms with Gasteiger partial charge in [-0.15, -0.1) is 0 Å². The number of hydrogen-bond donors (Lipinski definition) is 1. The number of anilines is 1. The summed E-state index contributed by atoms with van der Waals surface area (Å²) in [7, 11) is 0. The summed E-state index contributed by atoms with van der Waals surface area (Å²) in [5.41, 5.74) is 2.36. The Balaban J connectivity index is 1.93. The van der Waals surface area contributed by atoms with E-state index in [1.54, 1.807) is 36.4 Å². The quantitative estimate of drug-likeness (QED) is 0.349. The molecule has 1 heterocycles. The molecule has 30 heavy (non-hydrogen) atoms. The first-order valence-corrected chi connectivity index (χ1v) is 9.63. The fourth-order valence-electron chi connectivity index (χ4n) is 3.53. The highest BCUT2D eigenvalue weighted by Gasteiger charge is 2.46. The van der Waals surface area contributed by atoms with Crippen molar-refractivity contribution in [3.05, 3.63) is 106 Å². The Morgan fingerprint density at radius 2 is 1.53 bits per heavy atom. The van der Waals surface area contributed by atoms with Crippen molar-refractivity contribution in [3.63, 3.8) is 0 Å². The number of aliphatic hydroxyl groups is 1. The van der Waals surface area contributed by atoms with Gasteiger partial charge in [0.1, 0.15) is 11.6 Å². The molecule has 1 fully saturated rings. The van der Waals surface area contributed by atoms with Crippen molar-refractivity contribution in [2.24, 2.45) is 0 Å². The second-order valence-electron chi connectivity index (χ2n) is 7.06. The monoisotopic (exact) mass is 421 g/mol. The van der Waals surface area contributed by atoms with Gasteiger partial charge >= 0.3 is 0 Å². The van der Waals surface area contributed by atoms with Gasteiger partial charge in [-0.1, -0.05) is 41.4 Å². The average Bonchev–Trinajstić information content (AvgIpc) is 3.00. The lowest BCUT2D eigenvalue weighted by atomic mass is 9.94. The number of nitrogens with zero attached hydrogens (tertiary/aromatic N) is 1. The van der Waals surface area contributed by atoms with Crippen LogP contribution in [0.5, 0.6) is 0 Å². The maximum absolute atomic E-state index is 13.4. The van der Waals surface area contributed by atoms with Crippen molar-refractivity contribution < 1.29 is 19.1 Å². The molecular formula is C24H17ClFNO3. The predicted octanol–water partition coefficient (Wildman–Crippen LogP) is 5.41. The molecule has 1 atom stereocenters. The number of rotatable bonds is 3. The van der Waals surface area contributed by atoms with E-state index >= 15 is 0 Å². The highest BCUT2D eigenvalue weighted by Crippen LogP contribution is 2.42. The van der Waals surface area contributed by atoms with E-state index in [4.69, 9.17) is 11.6 Å². The van der Waals surface area contributed by atoms with Crippen molar-refractivity contribution in [1.29, 1.82) is 0 Å². The summed E-state index contributed by atoms with van der Waals surface area (Å²) >= 11 is 5.93. The minimum atomic E-state index is -0.855. The van der Waals surface area contributed by atoms with Crippen LogP contribution in [0.15, 0.2) is 78.4 Å². The lowest BCUT2D eigenvalue weighted by molar-refractivity contribution is -0.132. The van der Waals surface area contributed by atoms with Gasteiger partial charge in [0.05, 0.1) is 11.6 Å². The maximum atomic E-state index is 13.4. The largest absolute Gasteiger partial charge is 0.507 e. The Labute approximate surface area is 177 Å². The van der Waals surface area contributed by atoms with Crippen LogP contribution in [0.25, 0.3) is 5.76 Å². The van der Waals surface area contributed by atoms with Gasteiger partial charge in [-0.05, 0) is 61.0 Å². The standard InChI is InChI=1S/C24H17ClFNO3/c1-14-2-4-15(5-3-14)21-20(22(28)16-6-8-17(25)9-7-16)23(29)24(30)27(21)19-12-10-18(26)11-13-19/h2-13,21,28H,1H3/b22-20+/t21-/m1/s1. The third kappa shape index (κ3) is 3.48. The zero-order valence-electron chi connectivity index (χ0n) is 16.0. The number of aryl methyl sites for hydroxylation is 1. The van der Waals surface area contributed by atoms with Crippen LogP contribution < -0.4 is 4.90 Å². The van der Waals surface area contributed by atoms with Crippen LogP contribution in [-0.2, 0) is 9.59 Å². The lowest BCUT2D eigenvalue weighted by Gasteiger charge is -2.25. The van der Waals surface area contributed by atoms with Crippen LogP contribution in [0.3, 0.4) is 0 Å². The van der Waals surface area contributed by atoms with Gasteiger partial charge in [-0.3, -0.25) is 14.5 Å². The van der Waals surface area contributed by atoms with Gasteiger partial charge in [0.15, 0.2) is 0 Å². The first-order valence-electron chi connectivity index (χ1n) is 9.26. The molecule has 3 aromatic rings. The van der Waals surface area contributed by atoms with Crippen LogP contribution >= 0.6 is 11.6 Å². The molecule has 0 aromatic heterocycles. The van der Waals surface area contributed by atoms with Crippen molar-refractivity contribution in [1.82, 2.24) is 0 Å². The second kappa shape index (κ2) is 7.76. The van der Waals surface area contributed by atoms with Crippen molar-refractivity contribution in [2.45, 2.75) is 13.0 Å². The molecule has 4 nitrogen and oxygen atoms in total. The van der Waals surface area contributed by atoms with E-state index in [9.17, 15) is 19.1 Å². The molecule has 1 saturated heterocycles. The van der Waals surface area contributed by atoms with Crippen LogP contribution in [0.2, 0.25) is 5.02 Å². The summed E-state index contributed by atoms with van der Waals surface area (Å²) in [6.45, 7) is 1.93. The first-order chi connectivity index (χ1) is 14.4. The molecule has 0 spiro atoms. The Morgan fingerprint density at radius 1 is 0.933 bits per heavy atom. The van der Waals surface area contributed by atoms with Gasteiger partial charge in [0.2, 0.25) is 0 Å². The van der Waals surface area contributed by atoms with Gasteiger partial charge in [-0.25, -0.2) is 4.39 Å². The molecule has 0 saturated carbocycles. The topological polar surface area (TPSA) is 57.6 Å². The van der Waals surface area contributed by atoms with E-state index in [0.29, 0.717) is 21.8 Å². The third-order valence-corrected chi connectivity index (χ3v) is 5.31. The lowest BCUT2D eigenvalue weighted by Crippen LogP contribution is -2.29. The van der Waals surface area contributed by atoms with E-state index in [1.165, 1.54) is 29.2 Å². The van der Waals surface area contributed by atoms with Crippen LogP contribution in [0.4, 0.5) is 10.1 Å². The van der Waals surface area contributed by atoms with Crippen LogP contribution in [0, 0.1) is 12.7 Å². The number of amides is 1. The van der Waals surface area contributed by atoms with Crippen molar-refractivity contribution in [3.8, 4) is 0 Å². The molecule has 150 valence electrons. The third-order valence-electron chi connectivity index (χ3n) is 5.06. The molecule has 6 heteroatoms. The zero-order chi connectivity index (χ0) is 21.4. The van der Waals surface area contributed by atoms with Crippen molar-refractivity contribution >= 4 is 34.7 Å². The van der Waals surface area contributed by atoms with Gasteiger partial charge in [-0.2, -0.15) is 0 Å². The molecule has 1 amide bonds. The van der Waals surface area contributed by atoms with E-state index < -0.39 is 23.5 Å². The number of ketones is 1. The molecule has 4 rings (SSSR count). The Morgan fingerprint density at radius 3 is 2.13 bits per heavy atom. The summed E-state index contributed by atoms with van der Waals surface area (Å²) in [5.74, 6) is -2.34. The first kappa shape index (κ1) is 19.9. The predicted molar refractivity (Wildman–Crippen MR) is 114 cm³/mol. The van der Waals surface area contributed by atoms with E-state index in [2.05, 4.69) is 0 Å². The van der Waals surface area contributed by atoms with Gasteiger partial charge in [0, 0.05) is 16.3 Å². The molecule has 3 aromatic carbocycles. The smallest absolute Gasteiger partial charge is 0.300 e.